The van der Waals surface area contributed by atoms with E-state index in [1.54, 1.807) is 11.4 Å². The van der Waals surface area contributed by atoms with Crippen LogP contribution in [0.5, 0.6) is 0 Å². The summed E-state index contributed by atoms with van der Waals surface area (Å²) in [5.41, 5.74) is 2.21. The minimum atomic E-state index is -0.334. The second kappa shape index (κ2) is 4.25. The first-order valence-electron chi connectivity index (χ1n) is 4.95. The molecule has 0 aliphatic heterocycles. The van der Waals surface area contributed by atoms with Crippen molar-refractivity contribution in [3.63, 3.8) is 0 Å². The molecule has 0 radical (unpaired) electrons. The van der Waals surface area contributed by atoms with E-state index in [1.807, 2.05) is 19.1 Å². The zero-order valence-electron chi connectivity index (χ0n) is 9.03. The molecule has 0 bridgehead atoms. The van der Waals surface area contributed by atoms with E-state index < -0.39 is 0 Å². The minimum Gasteiger partial charge on any atom is -0.462 e. The number of nitrogens with zero attached hydrogens (tertiary/aromatic N) is 2. The van der Waals surface area contributed by atoms with Gasteiger partial charge >= 0.3 is 5.97 Å². The van der Waals surface area contributed by atoms with E-state index in [9.17, 15) is 4.79 Å². The maximum absolute atomic E-state index is 11.6. The Morgan fingerprint density at radius 2 is 2.31 bits per heavy atom. The maximum atomic E-state index is 11.6. The topological polar surface area (TPSA) is 43.6 Å². The normalized spacial score (nSPS) is 10.7. The van der Waals surface area contributed by atoms with Crippen LogP contribution in [0.2, 0.25) is 0 Å². The zero-order valence-corrected chi connectivity index (χ0v) is 10.6. The highest BCUT2D eigenvalue weighted by Crippen LogP contribution is 2.20. The molecule has 0 spiro atoms. The summed E-state index contributed by atoms with van der Waals surface area (Å²) in [6.07, 6.45) is 1.53. The molecule has 0 unspecified atom stereocenters. The van der Waals surface area contributed by atoms with E-state index in [1.165, 1.54) is 6.20 Å². The van der Waals surface area contributed by atoms with E-state index in [2.05, 4.69) is 21.0 Å². The first-order chi connectivity index (χ1) is 7.65. The van der Waals surface area contributed by atoms with E-state index in [0.717, 1.165) is 15.7 Å². The van der Waals surface area contributed by atoms with Gasteiger partial charge in [-0.1, -0.05) is 0 Å². The van der Waals surface area contributed by atoms with Crippen LogP contribution in [-0.2, 0) is 4.74 Å². The molecule has 2 rings (SSSR count). The fraction of sp³-hybridized carbons (Fsp3) is 0.273. The predicted molar refractivity (Wildman–Crippen MR) is 63.6 cm³/mol. The average Bonchev–Trinajstić information content (AvgIpc) is 2.68. The third-order valence-electron chi connectivity index (χ3n) is 2.35. The Morgan fingerprint density at radius 1 is 1.56 bits per heavy atom. The van der Waals surface area contributed by atoms with Gasteiger partial charge in [-0.15, -0.1) is 0 Å². The van der Waals surface area contributed by atoms with Crippen LogP contribution < -0.4 is 0 Å². The number of hydrogen-bond acceptors (Lipinski definition) is 3. The Hall–Kier alpha value is -1.36. The van der Waals surface area contributed by atoms with Crippen molar-refractivity contribution in [3.05, 3.63) is 34.1 Å². The van der Waals surface area contributed by atoms with Crippen molar-refractivity contribution in [2.24, 2.45) is 0 Å². The smallest absolute Gasteiger partial charge is 0.341 e. The summed E-state index contributed by atoms with van der Waals surface area (Å²) in [5, 5.41) is 4.17. The number of halogens is 1. The molecule has 5 heteroatoms. The Bertz CT molecular complexity index is 548. The molecule has 4 nitrogen and oxygen atoms in total. The van der Waals surface area contributed by atoms with Gasteiger partial charge in [-0.3, -0.25) is 0 Å². The molecular formula is C11H11BrN2O2. The summed E-state index contributed by atoms with van der Waals surface area (Å²) in [6.45, 7) is 4.08. The monoisotopic (exact) mass is 282 g/mol. The van der Waals surface area contributed by atoms with Crippen molar-refractivity contribution < 1.29 is 9.53 Å². The number of aryl methyl sites for hydroxylation is 1. The number of rotatable bonds is 2. The van der Waals surface area contributed by atoms with Gasteiger partial charge in [0.1, 0.15) is 5.56 Å². The predicted octanol–water partition coefficient (Wildman–Crippen LogP) is 2.58. The summed E-state index contributed by atoms with van der Waals surface area (Å²) in [7, 11) is 0. The van der Waals surface area contributed by atoms with Crippen molar-refractivity contribution in [3.8, 4) is 0 Å². The molecule has 2 aromatic heterocycles. The minimum absolute atomic E-state index is 0.334. The van der Waals surface area contributed by atoms with Crippen molar-refractivity contribution in [2.45, 2.75) is 13.8 Å². The van der Waals surface area contributed by atoms with Gasteiger partial charge in [-0.25, -0.2) is 9.31 Å². The lowest BCUT2D eigenvalue weighted by Gasteiger charge is -2.03. The zero-order chi connectivity index (χ0) is 11.7. The molecule has 0 aromatic carbocycles. The largest absolute Gasteiger partial charge is 0.462 e. The standard InChI is InChI=1S/C11H11BrN2O2/c1-3-16-11(15)8-6-13-14-7(2)9(12)4-5-10(8)14/h4-6H,3H2,1-2H3. The van der Waals surface area contributed by atoms with Crippen LogP contribution in [0.4, 0.5) is 0 Å². The molecule has 84 valence electrons. The SMILES string of the molecule is CCOC(=O)c1cnn2c(C)c(Br)ccc12. The fourth-order valence-electron chi connectivity index (χ4n) is 1.53. The number of carbonyl (C=O) groups is 1. The first-order valence-corrected chi connectivity index (χ1v) is 5.74. The molecule has 0 amide bonds. The van der Waals surface area contributed by atoms with Crippen LogP contribution in [0.3, 0.4) is 0 Å². The number of esters is 1. The lowest BCUT2D eigenvalue weighted by molar-refractivity contribution is 0.0528. The van der Waals surface area contributed by atoms with Crippen LogP contribution in [0.1, 0.15) is 23.0 Å². The first kappa shape index (κ1) is 11.1. The molecule has 0 saturated heterocycles. The highest BCUT2D eigenvalue weighted by Gasteiger charge is 2.14. The number of pyridine rings is 1. The third-order valence-corrected chi connectivity index (χ3v) is 3.19. The van der Waals surface area contributed by atoms with E-state index in [-0.39, 0.29) is 5.97 Å². The highest BCUT2D eigenvalue weighted by atomic mass is 79.9. The van der Waals surface area contributed by atoms with E-state index in [0.29, 0.717) is 12.2 Å². The van der Waals surface area contributed by atoms with Crippen LogP contribution >= 0.6 is 15.9 Å². The molecule has 0 aliphatic rings. The van der Waals surface area contributed by atoms with E-state index >= 15 is 0 Å². The number of carbonyl (C=O) groups excluding carboxylic acids is 1. The number of fused-ring (bicyclic) bond motifs is 1. The third kappa shape index (κ3) is 1.71. The summed E-state index contributed by atoms with van der Waals surface area (Å²) in [6, 6.07) is 3.74. The summed E-state index contributed by atoms with van der Waals surface area (Å²) >= 11 is 3.42. The van der Waals surface area contributed by atoms with Gasteiger partial charge in [-0.2, -0.15) is 5.10 Å². The van der Waals surface area contributed by atoms with E-state index in [4.69, 9.17) is 4.74 Å². The van der Waals surface area contributed by atoms with Crippen LogP contribution in [-0.4, -0.2) is 22.2 Å². The van der Waals surface area contributed by atoms with Crippen molar-refractivity contribution in [1.29, 1.82) is 0 Å². The van der Waals surface area contributed by atoms with Crippen molar-refractivity contribution in [2.75, 3.05) is 6.61 Å². The molecule has 16 heavy (non-hydrogen) atoms. The summed E-state index contributed by atoms with van der Waals surface area (Å²) in [4.78, 5) is 11.6. The Kier molecular flexibility index (Phi) is 2.96. The van der Waals surface area contributed by atoms with Gasteiger partial charge in [0, 0.05) is 4.47 Å². The Labute approximate surface area is 101 Å². The second-order valence-electron chi connectivity index (χ2n) is 3.34. The lowest BCUT2D eigenvalue weighted by Crippen LogP contribution is -2.04. The second-order valence-corrected chi connectivity index (χ2v) is 4.20. The Morgan fingerprint density at radius 3 is 3.00 bits per heavy atom. The van der Waals surface area contributed by atoms with Gasteiger partial charge in [-0.05, 0) is 41.9 Å². The highest BCUT2D eigenvalue weighted by molar-refractivity contribution is 9.10. The molecular weight excluding hydrogens is 272 g/mol. The molecule has 0 saturated carbocycles. The van der Waals surface area contributed by atoms with Crippen LogP contribution in [0, 0.1) is 6.92 Å². The molecule has 0 N–H and O–H groups in total. The number of aromatic nitrogens is 2. The molecule has 0 atom stereocenters. The summed E-state index contributed by atoms with van der Waals surface area (Å²) in [5.74, 6) is -0.334. The van der Waals surface area contributed by atoms with Gasteiger partial charge in [0.2, 0.25) is 0 Å². The lowest BCUT2D eigenvalue weighted by atomic mass is 10.2. The summed E-state index contributed by atoms with van der Waals surface area (Å²) < 4.78 is 7.64. The molecule has 0 aliphatic carbocycles. The average molecular weight is 283 g/mol. The molecule has 2 aromatic rings. The van der Waals surface area contributed by atoms with Gasteiger partial charge < -0.3 is 4.74 Å². The van der Waals surface area contributed by atoms with Crippen molar-refractivity contribution in [1.82, 2.24) is 9.61 Å². The van der Waals surface area contributed by atoms with Gasteiger partial charge in [0.25, 0.3) is 0 Å². The molecule has 2 heterocycles. The maximum Gasteiger partial charge on any atom is 0.341 e. The Balaban J connectivity index is 2.58. The number of ether oxygens (including phenoxy) is 1. The van der Waals surface area contributed by atoms with Crippen LogP contribution in [0.15, 0.2) is 22.8 Å². The fourth-order valence-corrected chi connectivity index (χ4v) is 1.83. The molecule has 0 fully saturated rings. The number of hydrogen-bond donors (Lipinski definition) is 0. The van der Waals surface area contributed by atoms with Gasteiger partial charge in [0.05, 0.1) is 24.0 Å². The quantitative estimate of drug-likeness (QED) is 0.796. The van der Waals surface area contributed by atoms with Crippen LogP contribution in [0.25, 0.3) is 5.52 Å². The van der Waals surface area contributed by atoms with Crippen molar-refractivity contribution >= 4 is 27.4 Å². The van der Waals surface area contributed by atoms with Gasteiger partial charge in [0.15, 0.2) is 0 Å².